The summed E-state index contributed by atoms with van der Waals surface area (Å²) in [5.41, 5.74) is 2.98. The van der Waals surface area contributed by atoms with Crippen LogP contribution in [0.2, 0.25) is 0 Å². The van der Waals surface area contributed by atoms with Crippen LogP contribution in [0.5, 0.6) is 0 Å². The molecule has 3 nitrogen and oxygen atoms in total. The standard InChI is InChI=1S/C17H20N2OS/c1-12-7-6-8-14(11-12)18-13(2)17(20)19-15-9-4-5-10-16(15)21-3/h4-11,13,18H,1-3H3,(H,19,20). The Hall–Kier alpha value is -1.94. The van der Waals surface area contributed by atoms with E-state index in [-0.39, 0.29) is 11.9 Å². The molecule has 0 fully saturated rings. The summed E-state index contributed by atoms with van der Waals surface area (Å²) in [6.45, 7) is 3.89. The number of para-hydroxylation sites is 1. The summed E-state index contributed by atoms with van der Waals surface area (Å²) in [5, 5.41) is 6.20. The van der Waals surface area contributed by atoms with Crippen molar-refractivity contribution in [2.24, 2.45) is 0 Å². The highest BCUT2D eigenvalue weighted by Crippen LogP contribution is 2.24. The van der Waals surface area contributed by atoms with Gasteiger partial charge in [-0.15, -0.1) is 11.8 Å². The molecule has 0 radical (unpaired) electrons. The Labute approximate surface area is 130 Å². The first-order valence-electron chi connectivity index (χ1n) is 6.87. The second-order valence-electron chi connectivity index (χ2n) is 4.93. The Morgan fingerprint density at radius 3 is 2.62 bits per heavy atom. The Morgan fingerprint density at radius 2 is 1.90 bits per heavy atom. The van der Waals surface area contributed by atoms with Gasteiger partial charge in [0.2, 0.25) is 5.91 Å². The Kier molecular flexibility index (Phi) is 5.28. The van der Waals surface area contributed by atoms with Gasteiger partial charge in [-0.3, -0.25) is 4.79 Å². The molecule has 0 saturated carbocycles. The lowest BCUT2D eigenvalue weighted by atomic mass is 10.2. The van der Waals surface area contributed by atoms with Gasteiger partial charge in [-0.1, -0.05) is 24.3 Å². The number of nitrogens with one attached hydrogen (secondary N) is 2. The van der Waals surface area contributed by atoms with Crippen molar-refractivity contribution in [2.45, 2.75) is 24.8 Å². The van der Waals surface area contributed by atoms with Crippen LogP contribution < -0.4 is 10.6 Å². The van der Waals surface area contributed by atoms with Gasteiger partial charge in [-0.25, -0.2) is 0 Å². The van der Waals surface area contributed by atoms with Crippen molar-refractivity contribution >= 4 is 29.0 Å². The predicted octanol–water partition coefficient (Wildman–Crippen LogP) is 4.16. The Bertz CT molecular complexity index is 628. The van der Waals surface area contributed by atoms with Crippen LogP contribution in [0.1, 0.15) is 12.5 Å². The number of carbonyl (C=O) groups excluding carboxylic acids is 1. The zero-order valence-electron chi connectivity index (χ0n) is 12.5. The van der Waals surface area contributed by atoms with Gasteiger partial charge in [0.15, 0.2) is 0 Å². The van der Waals surface area contributed by atoms with E-state index >= 15 is 0 Å². The number of carbonyl (C=O) groups is 1. The van der Waals surface area contributed by atoms with Gasteiger partial charge in [0.1, 0.15) is 6.04 Å². The van der Waals surface area contributed by atoms with E-state index in [1.54, 1.807) is 11.8 Å². The van der Waals surface area contributed by atoms with Crippen molar-refractivity contribution in [3.63, 3.8) is 0 Å². The first-order chi connectivity index (χ1) is 10.1. The fourth-order valence-corrected chi connectivity index (χ4v) is 2.59. The van der Waals surface area contributed by atoms with Gasteiger partial charge in [0.25, 0.3) is 0 Å². The minimum atomic E-state index is -0.304. The quantitative estimate of drug-likeness (QED) is 0.815. The molecule has 0 aromatic heterocycles. The molecule has 2 rings (SSSR count). The van der Waals surface area contributed by atoms with Gasteiger partial charge in [-0.2, -0.15) is 0 Å². The monoisotopic (exact) mass is 300 g/mol. The normalized spacial score (nSPS) is 11.8. The number of hydrogen-bond donors (Lipinski definition) is 2. The summed E-state index contributed by atoms with van der Waals surface area (Å²) in [6.07, 6.45) is 2.00. The Morgan fingerprint density at radius 1 is 1.14 bits per heavy atom. The maximum absolute atomic E-state index is 12.3. The molecule has 0 saturated heterocycles. The van der Waals surface area contributed by atoms with Crippen LogP contribution in [0.15, 0.2) is 53.4 Å². The van der Waals surface area contributed by atoms with E-state index in [1.165, 1.54) is 5.56 Å². The van der Waals surface area contributed by atoms with Crippen LogP contribution in [-0.2, 0) is 4.79 Å². The lowest BCUT2D eigenvalue weighted by Gasteiger charge is -2.16. The Balaban J connectivity index is 2.02. The number of benzene rings is 2. The van der Waals surface area contributed by atoms with Gasteiger partial charge in [0.05, 0.1) is 5.69 Å². The number of anilines is 2. The highest BCUT2D eigenvalue weighted by atomic mass is 32.2. The lowest BCUT2D eigenvalue weighted by molar-refractivity contribution is -0.116. The first-order valence-corrected chi connectivity index (χ1v) is 8.09. The number of aryl methyl sites for hydroxylation is 1. The highest BCUT2D eigenvalue weighted by molar-refractivity contribution is 7.98. The average molecular weight is 300 g/mol. The summed E-state index contributed by atoms with van der Waals surface area (Å²) in [7, 11) is 0. The maximum Gasteiger partial charge on any atom is 0.246 e. The summed E-state index contributed by atoms with van der Waals surface area (Å²) in [5.74, 6) is -0.0435. The third-order valence-corrected chi connectivity index (χ3v) is 3.96. The van der Waals surface area contributed by atoms with Crippen LogP contribution in [-0.4, -0.2) is 18.2 Å². The molecule has 0 spiro atoms. The summed E-state index contributed by atoms with van der Waals surface area (Å²) in [6, 6.07) is 15.5. The minimum absolute atomic E-state index is 0.0435. The van der Waals surface area contributed by atoms with Crippen LogP contribution in [0.25, 0.3) is 0 Å². The van der Waals surface area contributed by atoms with E-state index in [1.807, 2.05) is 68.6 Å². The number of amides is 1. The molecule has 2 aromatic rings. The summed E-state index contributed by atoms with van der Waals surface area (Å²) < 4.78 is 0. The second kappa shape index (κ2) is 7.18. The van der Waals surface area contributed by atoms with Crippen molar-refractivity contribution in [3.8, 4) is 0 Å². The summed E-state index contributed by atoms with van der Waals surface area (Å²) >= 11 is 1.62. The maximum atomic E-state index is 12.3. The highest BCUT2D eigenvalue weighted by Gasteiger charge is 2.14. The molecule has 2 aromatic carbocycles. The minimum Gasteiger partial charge on any atom is -0.374 e. The van der Waals surface area contributed by atoms with Gasteiger partial charge in [0, 0.05) is 10.6 Å². The zero-order chi connectivity index (χ0) is 15.2. The molecule has 0 aliphatic carbocycles. The average Bonchev–Trinajstić information content (AvgIpc) is 2.47. The molecule has 4 heteroatoms. The predicted molar refractivity (Wildman–Crippen MR) is 91.1 cm³/mol. The molecular weight excluding hydrogens is 280 g/mol. The molecule has 2 N–H and O–H groups in total. The number of hydrogen-bond acceptors (Lipinski definition) is 3. The molecule has 0 bridgehead atoms. The van der Waals surface area contributed by atoms with Crippen LogP contribution in [0, 0.1) is 6.92 Å². The molecule has 110 valence electrons. The van der Waals surface area contributed by atoms with Crippen molar-refractivity contribution in [2.75, 3.05) is 16.9 Å². The van der Waals surface area contributed by atoms with E-state index in [2.05, 4.69) is 10.6 Å². The van der Waals surface area contributed by atoms with Gasteiger partial charge in [-0.05, 0) is 49.9 Å². The zero-order valence-corrected chi connectivity index (χ0v) is 13.3. The second-order valence-corrected chi connectivity index (χ2v) is 5.77. The van der Waals surface area contributed by atoms with E-state index < -0.39 is 0 Å². The molecule has 0 aliphatic heterocycles. The number of thioether (sulfide) groups is 1. The first kappa shape index (κ1) is 15.4. The largest absolute Gasteiger partial charge is 0.374 e. The van der Waals surface area contributed by atoms with Crippen molar-refractivity contribution < 1.29 is 4.79 Å². The fraction of sp³-hybridized carbons (Fsp3) is 0.235. The van der Waals surface area contributed by atoms with E-state index in [9.17, 15) is 4.79 Å². The third-order valence-electron chi connectivity index (χ3n) is 3.16. The van der Waals surface area contributed by atoms with Crippen molar-refractivity contribution in [1.82, 2.24) is 0 Å². The van der Waals surface area contributed by atoms with E-state index in [0.717, 1.165) is 16.3 Å². The molecule has 1 atom stereocenters. The van der Waals surface area contributed by atoms with Crippen molar-refractivity contribution in [1.29, 1.82) is 0 Å². The molecule has 1 unspecified atom stereocenters. The molecule has 0 heterocycles. The van der Waals surface area contributed by atoms with Crippen LogP contribution >= 0.6 is 11.8 Å². The van der Waals surface area contributed by atoms with Gasteiger partial charge < -0.3 is 10.6 Å². The third kappa shape index (κ3) is 4.26. The molecule has 21 heavy (non-hydrogen) atoms. The van der Waals surface area contributed by atoms with E-state index in [0.29, 0.717) is 0 Å². The number of rotatable bonds is 5. The van der Waals surface area contributed by atoms with Crippen LogP contribution in [0.4, 0.5) is 11.4 Å². The lowest BCUT2D eigenvalue weighted by Crippen LogP contribution is -2.32. The topological polar surface area (TPSA) is 41.1 Å². The van der Waals surface area contributed by atoms with Gasteiger partial charge >= 0.3 is 0 Å². The molecule has 0 aliphatic rings. The van der Waals surface area contributed by atoms with E-state index in [4.69, 9.17) is 0 Å². The summed E-state index contributed by atoms with van der Waals surface area (Å²) in [4.78, 5) is 13.4. The van der Waals surface area contributed by atoms with Crippen LogP contribution in [0.3, 0.4) is 0 Å². The van der Waals surface area contributed by atoms with Crippen molar-refractivity contribution in [3.05, 3.63) is 54.1 Å². The fourth-order valence-electron chi connectivity index (χ4n) is 2.04. The molecule has 1 amide bonds. The smallest absolute Gasteiger partial charge is 0.246 e. The SMILES string of the molecule is CSc1ccccc1NC(=O)C(C)Nc1cccc(C)c1. The molecular formula is C17H20N2OS.